The fourth-order valence-corrected chi connectivity index (χ4v) is 2.87. The first-order valence-electron chi connectivity index (χ1n) is 5.25. The van der Waals surface area contributed by atoms with Crippen molar-refractivity contribution in [2.45, 2.75) is 20.8 Å². The number of aromatic nitrogens is 2. The molecule has 4 nitrogen and oxygen atoms in total. The molecule has 0 spiro atoms. The van der Waals surface area contributed by atoms with Gasteiger partial charge in [-0.2, -0.15) is 0 Å². The van der Waals surface area contributed by atoms with Gasteiger partial charge in [0.1, 0.15) is 16.4 Å². The molecule has 2 rings (SSSR count). The number of amidine groups is 1. The highest BCUT2D eigenvalue weighted by atomic mass is 32.1. The lowest BCUT2D eigenvalue weighted by Crippen LogP contribution is -2.12. The molecule has 2 aromatic heterocycles. The van der Waals surface area contributed by atoms with Crippen LogP contribution in [0, 0.1) is 12.3 Å². The number of hydrogen-bond donors (Lipinski definition) is 2. The smallest absolute Gasteiger partial charge is 0.128 e. The van der Waals surface area contributed by atoms with Crippen LogP contribution >= 0.6 is 11.3 Å². The summed E-state index contributed by atoms with van der Waals surface area (Å²) in [5, 5.41) is 8.41. The normalized spacial score (nSPS) is 10.5. The molecule has 0 saturated carbocycles. The quantitative estimate of drug-likeness (QED) is 0.632. The van der Waals surface area contributed by atoms with Crippen LogP contribution in [0.2, 0.25) is 0 Å². The van der Waals surface area contributed by atoms with Gasteiger partial charge in [-0.3, -0.25) is 10.4 Å². The minimum atomic E-state index is 0.0645. The number of aryl methyl sites for hydroxylation is 1. The highest BCUT2D eigenvalue weighted by molar-refractivity contribution is 7.19. The topological polar surface area (TPSA) is 75.7 Å². The van der Waals surface area contributed by atoms with E-state index < -0.39 is 0 Å². The van der Waals surface area contributed by atoms with E-state index in [1.807, 2.05) is 26.8 Å². The highest BCUT2D eigenvalue weighted by Gasteiger charge is 2.14. The minimum Gasteiger partial charge on any atom is -0.384 e. The summed E-state index contributed by atoms with van der Waals surface area (Å²) in [5.74, 6) is 0.0645. The fraction of sp³-hybridized carbons (Fsp3) is 0.250. The van der Waals surface area contributed by atoms with E-state index in [1.54, 1.807) is 17.5 Å². The Hall–Kier alpha value is -1.75. The number of allylic oxidation sites excluding steroid dienone is 1. The number of thiazole rings is 1. The average Bonchev–Trinajstić information content (AvgIpc) is 2.61. The van der Waals surface area contributed by atoms with E-state index in [-0.39, 0.29) is 5.84 Å². The first-order valence-corrected chi connectivity index (χ1v) is 6.06. The van der Waals surface area contributed by atoms with Crippen molar-refractivity contribution in [1.29, 1.82) is 5.41 Å². The molecule has 0 atom stereocenters. The Bertz CT molecular complexity index is 620. The van der Waals surface area contributed by atoms with Gasteiger partial charge in [-0.15, -0.1) is 11.3 Å². The van der Waals surface area contributed by atoms with Gasteiger partial charge in [0.05, 0.1) is 16.0 Å². The summed E-state index contributed by atoms with van der Waals surface area (Å²) >= 11 is 1.55. The summed E-state index contributed by atoms with van der Waals surface area (Å²) in [6.45, 7) is 5.81. The largest absolute Gasteiger partial charge is 0.384 e. The number of hydrogen-bond acceptors (Lipinski definition) is 4. The van der Waals surface area contributed by atoms with Crippen LogP contribution in [0.3, 0.4) is 0 Å². The van der Waals surface area contributed by atoms with Crippen molar-refractivity contribution in [2.75, 3.05) is 0 Å². The zero-order valence-electron chi connectivity index (χ0n) is 10.0. The molecule has 5 heteroatoms. The van der Waals surface area contributed by atoms with Crippen molar-refractivity contribution in [3.8, 4) is 0 Å². The number of fused-ring (bicyclic) bond motifs is 1. The van der Waals surface area contributed by atoms with Crippen molar-refractivity contribution in [3.63, 3.8) is 0 Å². The molecular weight excluding hydrogens is 232 g/mol. The molecule has 3 N–H and O–H groups in total. The number of rotatable bonds is 2. The fourth-order valence-electron chi connectivity index (χ4n) is 1.69. The maximum atomic E-state index is 7.62. The van der Waals surface area contributed by atoms with Crippen molar-refractivity contribution in [2.24, 2.45) is 5.73 Å². The van der Waals surface area contributed by atoms with E-state index in [2.05, 4.69) is 9.97 Å². The molecule has 88 valence electrons. The van der Waals surface area contributed by atoms with Gasteiger partial charge in [0.2, 0.25) is 0 Å². The minimum absolute atomic E-state index is 0.0645. The second kappa shape index (κ2) is 4.25. The molecule has 0 saturated heterocycles. The zero-order valence-corrected chi connectivity index (χ0v) is 10.9. The number of nitrogens with one attached hydrogen (secondary N) is 1. The van der Waals surface area contributed by atoms with E-state index in [1.165, 1.54) is 0 Å². The molecule has 0 aliphatic carbocycles. The Balaban J connectivity index is 2.69. The van der Waals surface area contributed by atoms with Crippen LogP contribution < -0.4 is 5.73 Å². The first-order chi connectivity index (χ1) is 8.00. The molecule has 0 amide bonds. The van der Waals surface area contributed by atoms with Crippen molar-refractivity contribution in [3.05, 3.63) is 28.5 Å². The Morgan fingerprint density at radius 1 is 1.41 bits per heavy atom. The predicted octanol–water partition coefficient (Wildman–Crippen LogP) is 2.73. The molecule has 0 bridgehead atoms. The van der Waals surface area contributed by atoms with Crippen LogP contribution in [0.25, 0.3) is 15.8 Å². The zero-order chi connectivity index (χ0) is 12.6. The second-order valence-electron chi connectivity index (χ2n) is 4.05. The monoisotopic (exact) mass is 246 g/mol. The van der Waals surface area contributed by atoms with Gasteiger partial charge in [-0.1, -0.05) is 5.57 Å². The van der Waals surface area contributed by atoms with E-state index in [9.17, 15) is 0 Å². The molecule has 0 aliphatic heterocycles. The number of nitrogens with zero attached hydrogens (tertiary/aromatic N) is 2. The Labute approximate surface area is 104 Å². The van der Waals surface area contributed by atoms with Crippen LogP contribution in [-0.4, -0.2) is 15.8 Å². The van der Waals surface area contributed by atoms with Crippen LogP contribution in [0.15, 0.2) is 17.8 Å². The third-order valence-corrected chi connectivity index (χ3v) is 3.51. The SMILES string of the molecule is CC(C)=C(C(=N)N)c1nc2c(C)nccc2s1. The third kappa shape index (κ3) is 2.06. The van der Waals surface area contributed by atoms with Crippen molar-refractivity contribution in [1.82, 2.24) is 9.97 Å². The third-order valence-electron chi connectivity index (χ3n) is 2.47. The summed E-state index contributed by atoms with van der Waals surface area (Å²) in [6.07, 6.45) is 1.77. The standard InChI is InChI=1S/C12H14N4S/c1-6(2)9(11(13)14)12-16-10-7(3)15-5-4-8(10)17-12/h4-5H,1-3H3,(H3,13,14). The van der Waals surface area contributed by atoms with E-state index in [0.717, 1.165) is 32.1 Å². The van der Waals surface area contributed by atoms with Gasteiger partial charge in [0.25, 0.3) is 0 Å². The van der Waals surface area contributed by atoms with Crippen LogP contribution in [0.4, 0.5) is 0 Å². The Kier molecular flexibility index (Phi) is 2.93. The Morgan fingerprint density at radius 2 is 2.12 bits per heavy atom. The van der Waals surface area contributed by atoms with Crippen LogP contribution in [0.5, 0.6) is 0 Å². The van der Waals surface area contributed by atoms with Crippen molar-refractivity contribution < 1.29 is 0 Å². The number of pyridine rings is 1. The number of nitrogens with two attached hydrogens (primary N) is 1. The van der Waals surface area contributed by atoms with Crippen LogP contribution in [0.1, 0.15) is 24.5 Å². The molecule has 0 unspecified atom stereocenters. The van der Waals surface area contributed by atoms with Gasteiger partial charge >= 0.3 is 0 Å². The first kappa shape index (κ1) is 11.7. The predicted molar refractivity (Wildman–Crippen MR) is 72.3 cm³/mol. The van der Waals surface area contributed by atoms with Gasteiger partial charge in [0, 0.05) is 6.20 Å². The molecule has 2 heterocycles. The summed E-state index contributed by atoms with van der Waals surface area (Å²) in [4.78, 5) is 8.75. The lowest BCUT2D eigenvalue weighted by Gasteiger charge is -2.03. The second-order valence-corrected chi connectivity index (χ2v) is 5.08. The lowest BCUT2D eigenvalue weighted by atomic mass is 10.1. The van der Waals surface area contributed by atoms with Gasteiger partial charge in [0.15, 0.2) is 0 Å². The highest BCUT2D eigenvalue weighted by Crippen LogP contribution is 2.29. The van der Waals surface area contributed by atoms with Gasteiger partial charge in [-0.25, -0.2) is 4.98 Å². The lowest BCUT2D eigenvalue weighted by molar-refractivity contribution is 1.21. The van der Waals surface area contributed by atoms with Gasteiger partial charge in [-0.05, 0) is 26.8 Å². The molecule has 0 fully saturated rings. The summed E-state index contributed by atoms with van der Waals surface area (Å²) in [7, 11) is 0. The van der Waals surface area contributed by atoms with Crippen LogP contribution in [-0.2, 0) is 0 Å². The molecule has 2 aromatic rings. The summed E-state index contributed by atoms with van der Waals surface area (Å²) in [5.41, 5.74) is 9.14. The maximum absolute atomic E-state index is 7.62. The molecule has 0 radical (unpaired) electrons. The van der Waals surface area contributed by atoms with Gasteiger partial charge < -0.3 is 5.73 Å². The maximum Gasteiger partial charge on any atom is 0.128 e. The molecule has 17 heavy (non-hydrogen) atoms. The summed E-state index contributed by atoms with van der Waals surface area (Å²) in [6, 6.07) is 1.94. The van der Waals surface area contributed by atoms with E-state index in [4.69, 9.17) is 11.1 Å². The molecule has 0 aliphatic rings. The molecular formula is C12H14N4S. The summed E-state index contributed by atoms with van der Waals surface area (Å²) < 4.78 is 1.08. The van der Waals surface area contributed by atoms with E-state index in [0.29, 0.717) is 0 Å². The van der Waals surface area contributed by atoms with Crippen molar-refractivity contribution >= 4 is 33.0 Å². The average molecular weight is 246 g/mol. The molecule has 0 aromatic carbocycles. The van der Waals surface area contributed by atoms with E-state index >= 15 is 0 Å². The Morgan fingerprint density at radius 3 is 2.65 bits per heavy atom.